The quantitative estimate of drug-likeness (QED) is 0.553. The lowest BCUT2D eigenvalue weighted by atomic mass is 10.2. The first-order chi connectivity index (χ1) is 9.33. The first-order valence-electron chi connectivity index (χ1n) is 5.64. The van der Waals surface area contributed by atoms with Crippen molar-refractivity contribution in [3.63, 3.8) is 0 Å². The standard InChI is InChI=1S/C13H10N4O2/c18-12-10-5-1-2-6-11(10)15-13(16-12)17-14-8-9-4-3-7-19-9/h1-8H,(H2,15,16,17,18)/b14-8+. The minimum atomic E-state index is -0.207. The van der Waals surface area contributed by atoms with Crippen LogP contribution in [0.5, 0.6) is 0 Å². The molecule has 6 nitrogen and oxygen atoms in total. The smallest absolute Gasteiger partial charge is 0.260 e. The zero-order chi connectivity index (χ0) is 13.1. The van der Waals surface area contributed by atoms with E-state index in [0.717, 1.165) is 0 Å². The van der Waals surface area contributed by atoms with Gasteiger partial charge < -0.3 is 4.42 Å². The minimum absolute atomic E-state index is 0.207. The molecule has 0 radical (unpaired) electrons. The zero-order valence-corrected chi connectivity index (χ0v) is 9.83. The fourth-order valence-electron chi connectivity index (χ4n) is 1.66. The fourth-order valence-corrected chi connectivity index (χ4v) is 1.66. The highest BCUT2D eigenvalue weighted by molar-refractivity contribution is 5.79. The summed E-state index contributed by atoms with van der Waals surface area (Å²) in [6.45, 7) is 0. The highest BCUT2D eigenvalue weighted by Crippen LogP contribution is 2.07. The first kappa shape index (κ1) is 11.2. The molecule has 2 N–H and O–H groups in total. The maximum absolute atomic E-state index is 11.8. The van der Waals surface area contributed by atoms with Gasteiger partial charge in [0.15, 0.2) is 0 Å². The van der Waals surface area contributed by atoms with Crippen LogP contribution in [0.2, 0.25) is 0 Å². The molecular weight excluding hydrogens is 244 g/mol. The van der Waals surface area contributed by atoms with Crippen molar-refractivity contribution in [1.29, 1.82) is 0 Å². The highest BCUT2D eigenvalue weighted by atomic mass is 16.3. The molecule has 0 unspecified atom stereocenters. The van der Waals surface area contributed by atoms with Gasteiger partial charge in [-0.3, -0.25) is 9.78 Å². The molecule has 0 aliphatic carbocycles. The minimum Gasteiger partial charge on any atom is -0.463 e. The molecule has 6 heteroatoms. The van der Waals surface area contributed by atoms with Crippen LogP contribution in [0.25, 0.3) is 10.9 Å². The molecule has 0 saturated heterocycles. The molecule has 0 aliphatic rings. The van der Waals surface area contributed by atoms with E-state index in [-0.39, 0.29) is 11.5 Å². The number of aromatic nitrogens is 2. The molecule has 94 valence electrons. The molecule has 3 rings (SSSR count). The second kappa shape index (κ2) is 4.77. The molecule has 0 saturated carbocycles. The number of hydrogen-bond donors (Lipinski definition) is 2. The lowest BCUT2D eigenvalue weighted by Crippen LogP contribution is -2.10. The Balaban J connectivity index is 1.87. The Morgan fingerprint density at radius 3 is 3.00 bits per heavy atom. The van der Waals surface area contributed by atoms with Gasteiger partial charge >= 0.3 is 0 Å². The third-order valence-corrected chi connectivity index (χ3v) is 2.52. The van der Waals surface area contributed by atoms with E-state index in [9.17, 15) is 4.79 Å². The number of anilines is 1. The van der Waals surface area contributed by atoms with Gasteiger partial charge in [-0.1, -0.05) is 12.1 Å². The number of benzene rings is 1. The summed E-state index contributed by atoms with van der Waals surface area (Å²) < 4.78 is 5.08. The summed E-state index contributed by atoms with van der Waals surface area (Å²) in [6.07, 6.45) is 3.05. The van der Waals surface area contributed by atoms with Gasteiger partial charge in [-0.25, -0.2) is 10.4 Å². The lowest BCUT2D eigenvalue weighted by Gasteiger charge is -2.00. The van der Waals surface area contributed by atoms with E-state index in [1.807, 2.05) is 6.07 Å². The van der Waals surface area contributed by atoms with Crippen LogP contribution in [0.4, 0.5) is 5.95 Å². The van der Waals surface area contributed by atoms with Gasteiger partial charge in [-0.15, -0.1) is 0 Å². The van der Waals surface area contributed by atoms with E-state index in [2.05, 4.69) is 20.5 Å². The van der Waals surface area contributed by atoms with E-state index in [4.69, 9.17) is 4.42 Å². The highest BCUT2D eigenvalue weighted by Gasteiger charge is 2.01. The van der Waals surface area contributed by atoms with Gasteiger partial charge in [-0.2, -0.15) is 5.10 Å². The Hall–Kier alpha value is -2.89. The van der Waals surface area contributed by atoms with Gasteiger partial charge in [0.2, 0.25) is 5.95 Å². The van der Waals surface area contributed by atoms with Crippen molar-refractivity contribution in [2.75, 3.05) is 5.43 Å². The van der Waals surface area contributed by atoms with Crippen LogP contribution in [0.3, 0.4) is 0 Å². The van der Waals surface area contributed by atoms with Crippen molar-refractivity contribution >= 4 is 23.1 Å². The number of rotatable bonds is 3. The zero-order valence-electron chi connectivity index (χ0n) is 9.83. The molecule has 0 atom stereocenters. The summed E-state index contributed by atoms with van der Waals surface area (Å²) in [5.41, 5.74) is 3.06. The van der Waals surface area contributed by atoms with Crippen LogP contribution in [-0.4, -0.2) is 16.2 Å². The van der Waals surface area contributed by atoms with Crippen LogP contribution < -0.4 is 11.0 Å². The fraction of sp³-hybridized carbons (Fsp3) is 0. The Kier molecular flexibility index (Phi) is 2.82. The average Bonchev–Trinajstić information content (AvgIpc) is 2.92. The number of H-pyrrole nitrogens is 1. The van der Waals surface area contributed by atoms with E-state index in [1.54, 1.807) is 36.6 Å². The molecule has 3 aromatic rings. The van der Waals surface area contributed by atoms with Crippen molar-refractivity contribution in [3.8, 4) is 0 Å². The number of nitrogens with one attached hydrogen (secondary N) is 2. The molecule has 0 amide bonds. The second-order valence-electron chi connectivity index (χ2n) is 3.82. The maximum atomic E-state index is 11.8. The molecule has 1 aromatic carbocycles. The molecule has 0 fully saturated rings. The van der Waals surface area contributed by atoms with Gasteiger partial charge in [-0.05, 0) is 24.3 Å². The maximum Gasteiger partial charge on any atom is 0.260 e. The third kappa shape index (κ3) is 2.37. The average molecular weight is 254 g/mol. The SMILES string of the molecule is O=c1[nH]c(N/N=C/c2ccco2)nc2ccccc12. The van der Waals surface area contributed by atoms with E-state index < -0.39 is 0 Å². The van der Waals surface area contributed by atoms with Crippen molar-refractivity contribution < 1.29 is 4.42 Å². The van der Waals surface area contributed by atoms with E-state index in [1.165, 1.54) is 6.21 Å². The van der Waals surface area contributed by atoms with Crippen molar-refractivity contribution in [2.24, 2.45) is 5.10 Å². The van der Waals surface area contributed by atoms with Gasteiger partial charge in [0.1, 0.15) is 5.76 Å². The van der Waals surface area contributed by atoms with Crippen LogP contribution >= 0.6 is 0 Å². The van der Waals surface area contributed by atoms with Crippen molar-refractivity contribution in [3.05, 3.63) is 58.8 Å². The van der Waals surface area contributed by atoms with Crippen molar-refractivity contribution in [2.45, 2.75) is 0 Å². The topological polar surface area (TPSA) is 83.3 Å². The number of hydrogen-bond acceptors (Lipinski definition) is 5. The molecule has 19 heavy (non-hydrogen) atoms. The van der Waals surface area contributed by atoms with Crippen LogP contribution in [0.15, 0.2) is 57.0 Å². The Bertz CT molecular complexity index is 775. The molecular formula is C13H10N4O2. The predicted molar refractivity (Wildman–Crippen MR) is 72.3 cm³/mol. The number of hydrazone groups is 1. The molecule has 0 aliphatic heterocycles. The van der Waals surface area contributed by atoms with E-state index in [0.29, 0.717) is 16.7 Å². The Labute approximate surface area is 107 Å². The lowest BCUT2D eigenvalue weighted by molar-refractivity contribution is 0.560. The monoisotopic (exact) mass is 254 g/mol. The number of fused-ring (bicyclic) bond motifs is 1. The second-order valence-corrected chi connectivity index (χ2v) is 3.82. The third-order valence-electron chi connectivity index (χ3n) is 2.52. The van der Waals surface area contributed by atoms with Crippen LogP contribution in [-0.2, 0) is 0 Å². The summed E-state index contributed by atoms with van der Waals surface area (Å²) in [5.74, 6) is 0.891. The summed E-state index contributed by atoms with van der Waals surface area (Å²) in [7, 11) is 0. The molecule has 0 bridgehead atoms. The molecule has 2 aromatic heterocycles. The summed E-state index contributed by atoms with van der Waals surface area (Å²) in [5, 5.41) is 4.48. The van der Waals surface area contributed by atoms with Crippen LogP contribution in [0.1, 0.15) is 5.76 Å². The predicted octanol–water partition coefficient (Wildman–Crippen LogP) is 1.96. The van der Waals surface area contributed by atoms with Gasteiger partial charge in [0, 0.05) is 0 Å². The normalized spacial score (nSPS) is 11.2. The molecule has 2 heterocycles. The number of nitrogens with zero attached hydrogens (tertiary/aromatic N) is 2. The number of furan rings is 1. The largest absolute Gasteiger partial charge is 0.463 e. The molecule has 0 spiro atoms. The van der Waals surface area contributed by atoms with Crippen molar-refractivity contribution in [1.82, 2.24) is 9.97 Å². The van der Waals surface area contributed by atoms with Crippen LogP contribution in [0, 0.1) is 0 Å². The summed E-state index contributed by atoms with van der Waals surface area (Å²) >= 11 is 0. The summed E-state index contributed by atoms with van der Waals surface area (Å²) in [4.78, 5) is 18.6. The number of para-hydroxylation sites is 1. The Morgan fingerprint density at radius 2 is 2.16 bits per heavy atom. The number of aromatic amines is 1. The van der Waals surface area contributed by atoms with Gasteiger partial charge in [0.25, 0.3) is 5.56 Å². The van der Waals surface area contributed by atoms with E-state index >= 15 is 0 Å². The first-order valence-corrected chi connectivity index (χ1v) is 5.64. The van der Waals surface area contributed by atoms with Gasteiger partial charge in [0.05, 0.1) is 23.4 Å². The summed E-state index contributed by atoms with van der Waals surface area (Å²) in [6, 6.07) is 10.6. The Morgan fingerprint density at radius 1 is 1.26 bits per heavy atom.